The average Bonchev–Trinajstić information content (AvgIpc) is 2.63. The Morgan fingerprint density at radius 3 is 2.58 bits per heavy atom. The maximum Gasteiger partial charge on any atom is 0.327 e. The molecule has 1 unspecified atom stereocenters. The van der Waals surface area contributed by atoms with Gasteiger partial charge in [-0.1, -0.05) is 6.92 Å². The van der Waals surface area contributed by atoms with Crippen LogP contribution in [-0.4, -0.2) is 34.9 Å². The van der Waals surface area contributed by atoms with E-state index in [0.717, 1.165) is 28.8 Å². The van der Waals surface area contributed by atoms with Gasteiger partial charge in [-0.3, -0.25) is 4.68 Å². The van der Waals surface area contributed by atoms with E-state index < -0.39 is 5.54 Å². The SMILES string of the molecule is CCCNC(C)(Cn1nc(C)c(Br)c1C)C(=O)OC. The number of rotatable bonds is 6. The van der Waals surface area contributed by atoms with Gasteiger partial charge in [-0.2, -0.15) is 5.10 Å². The zero-order valence-electron chi connectivity index (χ0n) is 12.2. The number of carbonyl (C=O) groups is 1. The van der Waals surface area contributed by atoms with E-state index in [2.05, 4.69) is 33.3 Å². The highest BCUT2D eigenvalue weighted by Gasteiger charge is 2.35. The second kappa shape index (κ2) is 6.52. The third kappa shape index (κ3) is 3.57. The van der Waals surface area contributed by atoms with Crippen LogP contribution in [-0.2, 0) is 16.1 Å². The number of nitrogens with zero attached hydrogens (tertiary/aromatic N) is 2. The summed E-state index contributed by atoms with van der Waals surface area (Å²) in [5, 5.41) is 7.69. The molecular weight excluding hydrogens is 310 g/mol. The maximum atomic E-state index is 12.0. The first-order valence-electron chi connectivity index (χ1n) is 6.38. The molecule has 0 saturated carbocycles. The standard InChI is InChI=1S/C13H22BrN3O2/c1-6-7-15-13(4,12(18)19-5)8-17-10(3)11(14)9(2)16-17/h15H,6-8H2,1-5H3. The van der Waals surface area contributed by atoms with Crippen LogP contribution in [0.2, 0.25) is 0 Å². The molecule has 0 aliphatic heterocycles. The first-order valence-corrected chi connectivity index (χ1v) is 7.18. The first kappa shape index (κ1) is 16.2. The number of nitrogens with one attached hydrogen (secondary N) is 1. The molecular formula is C13H22BrN3O2. The number of hydrogen-bond acceptors (Lipinski definition) is 4. The fourth-order valence-corrected chi connectivity index (χ4v) is 2.23. The van der Waals surface area contributed by atoms with Crippen LogP contribution in [0, 0.1) is 13.8 Å². The van der Waals surface area contributed by atoms with E-state index >= 15 is 0 Å². The molecule has 0 aromatic carbocycles. The van der Waals surface area contributed by atoms with E-state index in [9.17, 15) is 4.79 Å². The zero-order chi connectivity index (χ0) is 14.6. The van der Waals surface area contributed by atoms with Gasteiger partial charge >= 0.3 is 5.97 Å². The van der Waals surface area contributed by atoms with Gasteiger partial charge in [0, 0.05) is 5.69 Å². The number of methoxy groups -OCH3 is 1. The number of aromatic nitrogens is 2. The fraction of sp³-hybridized carbons (Fsp3) is 0.692. The Kier molecular flexibility index (Phi) is 5.55. The molecule has 5 nitrogen and oxygen atoms in total. The summed E-state index contributed by atoms with van der Waals surface area (Å²) >= 11 is 3.49. The molecule has 1 heterocycles. The lowest BCUT2D eigenvalue weighted by molar-refractivity contribution is -0.148. The van der Waals surface area contributed by atoms with Crippen LogP contribution in [0.3, 0.4) is 0 Å². The molecule has 1 aromatic rings. The molecule has 0 bridgehead atoms. The lowest BCUT2D eigenvalue weighted by Crippen LogP contribution is -2.53. The summed E-state index contributed by atoms with van der Waals surface area (Å²) in [4.78, 5) is 12.0. The van der Waals surface area contributed by atoms with Crippen molar-refractivity contribution in [3.8, 4) is 0 Å². The third-order valence-electron chi connectivity index (χ3n) is 3.16. The molecule has 6 heteroatoms. The van der Waals surface area contributed by atoms with Crippen molar-refractivity contribution in [1.29, 1.82) is 0 Å². The van der Waals surface area contributed by atoms with Crippen molar-refractivity contribution in [1.82, 2.24) is 15.1 Å². The van der Waals surface area contributed by atoms with Crippen molar-refractivity contribution < 1.29 is 9.53 Å². The van der Waals surface area contributed by atoms with Gasteiger partial charge < -0.3 is 10.1 Å². The largest absolute Gasteiger partial charge is 0.468 e. The minimum absolute atomic E-state index is 0.273. The smallest absolute Gasteiger partial charge is 0.327 e. The summed E-state index contributed by atoms with van der Waals surface area (Å²) in [6.45, 7) is 9.01. The molecule has 1 N–H and O–H groups in total. The van der Waals surface area contributed by atoms with Gasteiger partial charge in [0.15, 0.2) is 0 Å². The van der Waals surface area contributed by atoms with Crippen molar-refractivity contribution >= 4 is 21.9 Å². The normalized spacial score (nSPS) is 14.2. The molecule has 1 aromatic heterocycles. The highest BCUT2D eigenvalue weighted by molar-refractivity contribution is 9.10. The van der Waals surface area contributed by atoms with Crippen molar-refractivity contribution in [3.63, 3.8) is 0 Å². The molecule has 108 valence electrons. The number of ether oxygens (including phenoxy) is 1. The Hall–Kier alpha value is -0.880. The predicted octanol–water partition coefficient (Wildman–Crippen LogP) is 2.19. The molecule has 0 amide bonds. The van der Waals surface area contributed by atoms with E-state index in [-0.39, 0.29) is 5.97 Å². The van der Waals surface area contributed by atoms with E-state index in [0.29, 0.717) is 6.54 Å². The predicted molar refractivity (Wildman–Crippen MR) is 78.1 cm³/mol. The van der Waals surface area contributed by atoms with E-state index in [1.165, 1.54) is 7.11 Å². The Morgan fingerprint density at radius 2 is 2.16 bits per heavy atom. The van der Waals surface area contributed by atoms with Crippen LogP contribution in [0.5, 0.6) is 0 Å². The van der Waals surface area contributed by atoms with Gasteiger partial charge in [-0.15, -0.1) is 0 Å². The number of hydrogen-bond donors (Lipinski definition) is 1. The molecule has 0 aliphatic rings. The second-order valence-electron chi connectivity index (χ2n) is 4.89. The first-order chi connectivity index (χ1) is 8.85. The summed E-state index contributed by atoms with van der Waals surface area (Å²) in [7, 11) is 1.41. The summed E-state index contributed by atoms with van der Waals surface area (Å²) in [5.74, 6) is -0.273. The van der Waals surface area contributed by atoms with Crippen molar-refractivity contribution in [2.24, 2.45) is 0 Å². The molecule has 1 rings (SSSR count). The van der Waals surface area contributed by atoms with Gasteiger partial charge in [-0.05, 0) is 49.7 Å². The lowest BCUT2D eigenvalue weighted by Gasteiger charge is -2.28. The molecule has 0 fully saturated rings. The topological polar surface area (TPSA) is 56.2 Å². The maximum absolute atomic E-state index is 12.0. The van der Waals surface area contributed by atoms with Crippen LogP contribution in [0.25, 0.3) is 0 Å². The minimum Gasteiger partial charge on any atom is -0.468 e. The number of aryl methyl sites for hydroxylation is 1. The third-order valence-corrected chi connectivity index (χ3v) is 4.31. The monoisotopic (exact) mass is 331 g/mol. The molecule has 0 saturated heterocycles. The van der Waals surface area contributed by atoms with Crippen molar-refractivity contribution in [2.45, 2.75) is 46.2 Å². The van der Waals surface area contributed by atoms with Gasteiger partial charge in [-0.25, -0.2) is 4.79 Å². The molecule has 0 radical (unpaired) electrons. The summed E-state index contributed by atoms with van der Waals surface area (Å²) < 4.78 is 7.72. The van der Waals surface area contributed by atoms with Crippen LogP contribution in [0.15, 0.2) is 4.47 Å². The Morgan fingerprint density at radius 1 is 1.53 bits per heavy atom. The molecule has 0 spiro atoms. The quantitative estimate of drug-likeness (QED) is 0.812. The lowest BCUT2D eigenvalue weighted by atomic mass is 10.0. The Labute approximate surface area is 122 Å². The van der Waals surface area contributed by atoms with Gasteiger partial charge in [0.05, 0.1) is 23.8 Å². The summed E-state index contributed by atoms with van der Waals surface area (Å²) in [5.41, 5.74) is 1.15. The number of esters is 1. The highest BCUT2D eigenvalue weighted by atomic mass is 79.9. The highest BCUT2D eigenvalue weighted by Crippen LogP contribution is 2.21. The second-order valence-corrected chi connectivity index (χ2v) is 5.69. The number of halogens is 1. The summed E-state index contributed by atoms with van der Waals surface area (Å²) in [6, 6.07) is 0. The fourth-order valence-electron chi connectivity index (χ4n) is 1.95. The molecule has 19 heavy (non-hydrogen) atoms. The zero-order valence-corrected chi connectivity index (χ0v) is 13.8. The van der Waals surface area contributed by atoms with E-state index in [1.807, 2.05) is 25.5 Å². The van der Waals surface area contributed by atoms with Gasteiger partial charge in [0.25, 0.3) is 0 Å². The summed E-state index contributed by atoms with van der Waals surface area (Å²) in [6.07, 6.45) is 0.952. The van der Waals surface area contributed by atoms with Crippen molar-refractivity contribution in [2.75, 3.05) is 13.7 Å². The Balaban J connectivity index is 3.00. The van der Waals surface area contributed by atoms with Crippen LogP contribution in [0.1, 0.15) is 31.7 Å². The molecule has 0 aliphatic carbocycles. The van der Waals surface area contributed by atoms with Crippen LogP contribution < -0.4 is 5.32 Å². The van der Waals surface area contributed by atoms with Crippen LogP contribution in [0.4, 0.5) is 0 Å². The average molecular weight is 332 g/mol. The Bertz CT molecular complexity index is 459. The van der Waals surface area contributed by atoms with Crippen molar-refractivity contribution in [3.05, 3.63) is 15.9 Å². The molecule has 1 atom stereocenters. The van der Waals surface area contributed by atoms with Crippen LogP contribution >= 0.6 is 15.9 Å². The van der Waals surface area contributed by atoms with Gasteiger partial charge in [0.2, 0.25) is 0 Å². The van der Waals surface area contributed by atoms with E-state index in [4.69, 9.17) is 4.74 Å². The van der Waals surface area contributed by atoms with Gasteiger partial charge in [0.1, 0.15) is 5.54 Å². The van der Waals surface area contributed by atoms with E-state index in [1.54, 1.807) is 0 Å². The minimum atomic E-state index is -0.770. The number of carbonyl (C=O) groups excluding carboxylic acids is 1.